The summed E-state index contributed by atoms with van der Waals surface area (Å²) in [6.07, 6.45) is 4.67. The molecule has 4 rings (SSSR count). The molecule has 1 aliphatic heterocycles. The summed E-state index contributed by atoms with van der Waals surface area (Å²) in [5.41, 5.74) is 5.02. The zero-order chi connectivity index (χ0) is 22.1. The fourth-order valence-electron chi connectivity index (χ4n) is 4.08. The summed E-state index contributed by atoms with van der Waals surface area (Å²) in [5, 5.41) is 3.03. The van der Waals surface area contributed by atoms with E-state index in [0.717, 1.165) is 28.2 Å². The quantitative estimate of drug-likeness (QED) is 0.596. The van der Waals surface area contributed by atoms with Crippen molar-refractivity contribution in [3.05, 3.63) is 70.3 Å². The van der Waals surface area contributed by atoms with E-state index in [0.29, 0.717) is 11.1 Å². The van der Waals surface area contributed by atoms with Gasteiger partial charge in [0.25, 0.3) is 5.91 Å². The van der Waals surface area contributed by atoms with E-state index in [-0.39, 0.29) is 18.5 Å². The van der Waals surface area contributed by atoms with Crippen LogP contribution in [-0.2, 0) is 29.0 Å². The number of carbonyl (C=O) groups is 4. The second-order valence-corrected chi connectivity index (χ2v) is 8.17. The molecule has 0 saturated carbocycles. The van der Waals surface area contributed by atoms with Gasteiger partial charge in [-0.25, -0.2) is 4.79 Å². The number of hydrogen-bond acceptors (Lipinski definition) is 4. The van der Waals surface area contributed by atoms with E-state index in [4.69, 9.17) is 0 Å². The van der Waals surface area contributed by atoms with E-state index < -0.39 is 17.8 Å². The number of aryl methyl sites for hydroxylation is 2. The van der Waals surface area contributed by atoms with Crippen LogP contribution >= 0.6 is 0 Å². The maximum absolute atomic E-state index is 12.7. The Hall–Kier alpha value is -3.48. The summed E-state index contributed by atoms with van der Waals surface area (Å²) in [6.45, 7) is 1.95. The smallest absolute Gasteiger partial charge is 0.334 e. The first kappa shape index (κ1) is 20.8. The molecule has 0 spiro atoms. The number of rotatable bonds is 5. The van der Waals surface area contributed by atoms with E-state index in [1.807, 2.05) is 6.92 Å². The number of benzene rings is 2. The van der Waals surface area contributed by atoms with Crippen molar-refractivity contribution in [1.29, 1.82) is 0 Å². The molecule has 0 aromatic heterocycles. The van der Waals surface area contributed by atoms with Crippen molar-refractivity contribution in [2.75, 3.05) is 7.05 Å². The van der Waals surface area contributed by atoms with Gasteiger partial charge in [-0.2, -0.15) is 0 Å². The average molecular weight is 419 g/mol. The molecule has 2 aromatic rings. The Morgan fingerprint density at radius 1 is 0.968 bits per heavy atom. The number of hydrogen-bond donors (Lipinski definition) is 1. The van der Waals surface area contributed by atoms with Crippen molar-refractivity contribution in [2.24, 2.45) is 0 Å². The van der Waals surface area contributed by atoms with Gasteiger partial charge in [0.2, 0.25) is 0 Å². The van der Waals surface area contributed by atoms with Crippen LogP contribution in [0.1, 0.15) is 58.4 Å². The van der Waals surface area contributed by atoms with Crippen LogP contribution in [-0.4, -0.2) is 40.6 Å². The number of imide groups is 2. The molecule has 0 bridgehead atoms. The molecule has 7 heteroatoms. The Labute approximate surface area is 181 Å². The lowest BCUT2D eigenvalue weighted by Crippen LogP contribution is -2.31. The molecule has 7 nitrogen and oxygen atoms in total. The molecule has 0 unspecified atom stereocenters. The van der Waals surface area contributed by atoms with Crippen molar-refractivity contribution >= 4 is 23.8 Å². The molecule has 5 amide bonds. The highest BCUT2D eigenvalue weighted by Crippen LogP contribution is 2.25. The monoisotopic (exact) mass is 419 g/mol. The van der Waals surface area contributed by atoms with Crippen molar-refractivity contribution in [3.8, 4) is 0 Å². The van der Waals surface area contributed by atoms with E-state index in [2.05, 4.69) is 23.5 Å². The first-order valence-corrected chi connectivity index (χ1v) is 10.5. The highest BCUT2D eigenvalue weighted by Gasteiger charge is 2.41. The average Bonchev–Trinajstić information content (AvgIpc) is 2.97. The molecule has 1 N–H and O–H groups in total. The number of urea groups is 1. The lowest BCUT2D eigenvalue weighted by molar-refractivity contribution is -0.143. The van der Waals surface area contributed by atoms with Gasteiger partial charge in [-0.05, 0) is 67.0 Å². The van der Waals surface area contributed by atoms with Gasteiger partial charge in [-0.15, -0.1) is 0 Å². The predicted molar refractivity (Wildman–Crippen MR) is 114 cm³/mol. The van der Waals surface area contributed by atoms with Crippen LogP contribution in [0.5, 0.6) is 0 Å². The third-order valence-corrected chi connectivity index (χ3v) is 6.03. The fraction of sp³-hybridized carbons (Fsp3) is 0.333. The Bertz CT molecular complexity index is 1060. The van der Waals surface area contributed by atoms with Crippen LogP contribution in [0.3, 0.4) is 0 Å². The van der Waals surface area contributed by atoms with Gasteiger partial charge in [0.1, 0.15) is 0 Å². The summed E-state index contributed by atoms with van der Waals surface area (Å²) < 4.78 is 0. The number of likely N-dealkylation sites (N-methyl/N-ethyl adjacent to an activating group) is 1. The number of nitrogens with one attached hydrogen (secondary N) is 1. The first-order valence-electron chi connectivity index (χ1n) is 10.5. The lowest BCUT2D eigenvalue weighted by Gasteiger charge is -2.20. The normalized spacial score (nSPS) is 17.0. The Balaban J connectivity index is 1.40. The number of fused-ring (bicyclic) bond motifs is 1. The van der Waals surface area contributed by atoms with E-state index in [1.54, 1.807) is 24.3 Å². The largest absolute Gasteiger partial charge is 0.346 e. The minimum atomic E-state index is -0.840. The standard InChI is InChI=1S/C24H25N3O4/c1-15(19-12-11-17-5-3-4-6-20(17)13-19)25-21(28)18-9-7-16(8-10-18)14-27-23(30)22(29)26(2)24(27)31/h7-13,15H,3-6,14H2,1-2H3,(H,25,28)/t15-/m1/s1. The van der Waals surface area contributed by atoms with Gasteiger partial charge in [-0.3, -0.25) is 24.2 Å². The highest BCUT2D eigenvalue weighted by atomic mass is 16.2. The van der Waals surface area contributed by atoms with Gasteiger partial charge in [0, 0.05) is 12.6 Å². The number of amides is 5. The van der Waals surface area contributed by atoms with Gasteiger partial charge < -0.3 is 5.32 Å². The summed E-state index contributed by atoms with van der Waals surface area (Å²) >= 11 is 0. The van der Waals surface area contributed by atoms with Crippen LogP contribution < -0.4 is 5.32 Å². The Kier molecular flexibility index (Phi) is 5.59. The van der Waals surface area contributed by atoms with Crippen LogP contribution in [0.4, 0.5) is 4.79 Å². The maximum Gasteiger partial charge on any atom is 0.334 e. The third kappa shape index (κ3) is 4.08. The van der Waals surface area contributed by atoms with Gasteiger partial charge in [-0.1, -0.05) is 30.3 Å². The topological polar surface area (TPSA) is 86.8 Å². The zero-order valence-electron chi connectivity index (χ0n) is 17.7. The summed E-state index contributed by atoms with van der Waals surface area (Å²) in [5.74, 6) is -1.87. The van der Waals surface area contributed by atoms with Crippen LogP contribution in [0.2, 0.25) is 0 Å². The molecule has 0 radical (unpaired) electrons. The van der Waals surface area contributed by atoms with Crippen molar-refractivity contribution < 1.29 is 19.2 Å². The second kappa shape index (κ2) is 8.34. The molecule has 160 valence electrons. The van der Waals surface area contributed by atoms with Crippen molar-refractivity contribution in [2.45, 2.75) is 45.2 Å². The minimum absolute atomic E-state index is 0.0127. The maximum atomic E-state index is 12.7. The van der Waals surface area contributed by atoms with Crippen molar-refractivity contribution in [3.63, 3.8) is 0 Å². The van der Waals surface area contributed by atoms with Crippen LogP contribution in [0.25, 0.3) is 0 Å². The van der Waals surface area contributed by atoms with Crippen LogP contribution in [0.15, 0.2) is 42.5 Å². The molecule has 1 fully saturated rings. The summed E-state index contributed by atoms with van der Waals surface area (Å²) in [7, 11) is 1.28. The fourth-order valence-corrected chi connectivity index (χ4v) is 4.08. The molecule has 2 aromatic carbocycles. The minimum Gasteiger partial charge on any atom is -0.346 e. The molecule has 1 heterocycles. The van der Waals surface area contributed by atoms with E-state index in [1.165, 1.54) is 31.0 Å². The molecular weight excluding hydrogens is 394 g/mol. The first-order chi connectivity index (χ1) is 14.8. The highest BCUT2D eigenvalue weighted by molar-refractivity contribution is 6.44. The van der Waals surface area contributed by atoms with Crippen LogP contribution in [0, 0.1) is 0 Å². The molecule has 2 aliphatic rings. The predicted octanol–water partition coefficient (Wildman–Crippen LogP) is 2.98. The lowest BCUT2D eigenvalue weighted by atomic mass is 9.89. The SMILES string of the molecule is C[C@@H](NC(=O)c1ccc(CN2C(=O)C(=O)N(C)C2=O)cc1)c1ccc2c(c1)CCCC2. The third-order valence-electron chi connectivity index (χ3n) is 6.03. The molecule has 31 heavy (non-hydrogen) atoms. The van der Waals surface area contributed by atoms with Crippen molar-refractivity contribution in [1.82, 2.24) is 15.1 Å². The number of carbonyl (C=O) groups excluding carboxylic acids is 4. The van der Waals surface area contributed by atoms with E-state index >= 15 is 0 Å². The Morgan fingerprint density at radius 3 is 2.29 bits per heavy atom. The molecule has 1 atom stereocenters. The Morgan fingerprint density at radius 2 is 1.65 bits per heavy atom. The van der Waals surface area contributed by atoms with Gasteiger partial charge in [0.05, 0.1) is 12.6 Å². The van der Waals surface area contributed by atoms with Gasteiger partial charge >= 0.3 is 17.8 Å². The molecular formula is C24H25N3O4. The summed E-state index contributed by atoms with van der Waals surface area (Å²) in [4.78, 5) is 49.9. The number of nitrogens with zero attached hydrogens (tertiary/aromatic N) is 2. The molecule has 1 saturated heterocycles. The molecule has 1 aliphatic carbocycles. The zero-order valence-corrected chi connectivity index (χ0v) is 17.7. The van der Waals surface area contributed by atoms with E-state index in [9.17, 15) is 19.2 Å². The summed E-state index contributed by atoms with van der Waals surface area (Å²) in [6, 6.07) is 12.4. The van der Waals surface area contributed by atoms with Gasteiger partial charge in [0.15, 0.2) is 0 Å². The second-order valence-electron chi connectivity index (χ2n) is 8.17.